The molecule has 2 N–H and O–H groups in total. The van der Waals surface area contributed by atoms with Crippen LogP contribution in [0, 0.1) is 5.92 Å². The molecule has 1 aromatic carbocycles. The Kier molecular flexibility index (Phi) is 5.93. The summed E-state index contributed by atoms with van der Waals surface area (Å²) in [6.07, 6.45) is 3.23. The molecule has 2 atom stereocenters. The third kappa shape index (κ3) is 5.21. The van der Waals surface area contributed by atoms with E-state index in [4.69, 9.17) is 0 Å². The number of aliphatic hydroxyl groups is 1. The van der Waals surface area contributed by atoms with E-state index in [9.17, 15) is 9.90 Å². The van der Waals surface area contributed by atoms with Crippen LogP contribution in [0.1, 0.15) is 44.4 Å². The Hall–Kier alpha value is -2.14. The maximum atomic E-state index is 11.9. The molecule has 2 rings (SSSR count). The van der Waals surface area contributed by atoms with Gasteiger partial charge < -0.3 is 10.4 Å². The molecule has 2 aromatic rings. The first-order chi connectivity index (χ1) is 11.0. The van der Waals surface area contributed by atoms with Crippen LogP contribution in [-0.2, 0) is 11.3 Å². The predicted octanol–water partition coefficient (Wildman–Crippen LogP) is 2.52. The minimum absolute atomic E-state index is 0.0738. The maximum absolute atomic E-state index is 11.9. The molecule has 0 fully saturated rings. The molecule has 0 aliphatic carbocycles. The summed E-state index contributed by atoms with van der Waals surface area (Å²) >= 11 is 0. The number of benzene rings is 1. The normalized spacial score (nSPS) is 13.8. The molecule has 0 spiro atoms. The summed E-state index contributed by atoms with van der Waals surface area (Å²) in [7, 11) is 0. The fourth-order valence-electron chi connectivity index (χ4n) is 2.27. The van der Waals surface area contributed by atoms with Crippen molar-refractivity contribution in [2.45, 2.75) is 45.9 Å². The summed E-state index contributed by atoms with van der Waals surface area (Å²) in [5, 5.41) is 17.0. The van der Waals surface area contributed by atoms with Crippen molar-refractivity contribution in [3.05, 3.63) is 53.9 Å². The van der Waals surface area contributed by atoms with Crippen LogP contribution in [0.25, 0.3) is 0 Å². The zero-order chi connectivity index (χ0) is 16.8. The molecule has 0 bridgehead atoms. The van der Waals surface area contributed by atoms with Crippen molar-refractivity contribution in [2.75, 3.05) is 0 Å². The number of amides is 1. The van der Waals surface area contributed by atoms with Crippen LogP contribution in [0.3, 0.4) is 0 Å². The third-order valence-corrected chi connectivity index (χ3v) is 3.88. The molecule has 0 aliphatic rings. The second-order valence-electron chi connectivity index (χ2n) is 6.26. The lowest BCUT2D eigenvalue weighted by atomic mass is 10.0. The van der Waals surface area contributed by atoms with Gasteiger partial charge in [0.1, 0.15) is 0 Å². The van der Waals surface area contributed by atoms with Crippen LogP contribution in [0.2, 0.25) is 0 Å². The standard InChI is InChI=1S/C18H25N3O2/c1-13(2)17(22)9-18(23)20-14(3)16-10-19-21(12-16)11-15-7-5-4-6-8-15/h4-8,10,12-14,17,22H,9,11H2,1-3H3,(H,20,23). The second-order valence-corrected chi connectivity index (χ2v) is 6.26. The van der Waals surface area contributed by atoms with Gasteiger partial charge in [-0.1, -0.05) is 44.2 Å². The lowest BCUT2D eigenvalue weighted by molar-refractivity contribution is -0.124. The molecule has 1 aromatic heterocycles. The van der Waals surface area contributed by atoms with Crippen molar-refractivity contribution in [2.24, 2.45) is 5.92 Å². The first-order valence-electron chi connectivity index (χ1n) is 7.99. The molecule has 5 nitrogen and oxygen atoms in total. The number of aromatic nitrogens is 2. The summed E-state index contributed by atoms with van der Waals surface area (Å²) < 4.78 is 1.86. The minimum atomic E-state index is -0.608. The monoisotopic (exact) mass is 315 g/mol. The van der Waals surface area contributed by atoms with Gasteiger partial charge in [-0.05, 0) is 18.4 Å². The number of aliphatic hydroxyl groups excluding tert-OH is 1. The van der Waals surface area contributed by atoms with Crippen LogP contribution in [0.4, 0.5) is 0 Å². The lowest BCUT2D eigenvalue weighted by Gasteiger charge is -2.16. The number of nitrogens with one attached hydrogen (secondary N) is 1. The molecule has 5 heteroatoms. The van der Waals surface area contributed by atoms with Gasteiger partial charge in [0.05, 0.1) is 31.3 Å². The van der Waals surface area contributed by atoms with Gasteiger partial charge in [0.25, 0.3) is 0 Å². The van der Waals surface area contributed by atoms with Crippen LogP contribution < -0.4 is 5.32 Å². The van der Waals surface area contributed by atoms with E-state index in [2.05, 4.69) is 22.5 Å². The fraction of sp³-hybridized carbons (Fsp3) is 0.444. The van der Waals surface area contributed by atoms with E-state index in [1.54, 1.807) is 6.20 Å². The van der Waals surface area contributed by atoms with Crippen LogP contribution >= 0.6 is 0 Å². The van der Waals surface area contributed by atoms with Crippen LogP contribution in [-0.4, -0.2) is 26.9 Å². The van der Waals surface area contributed by atoms with E-state index in [-0.39, 0.29) is 24.3 Å². The van der Waals surface area contributed by atoms with Gasteiger partial charge >= 0.3 is 0 Å². The van der Waals surface area contributed by atoms with Gasteiger partial charge in [0.2, 0.25) is 5.91 Å². The Morgan fingerprint density at radius 3 is 2.61 bits per heavy atom. The van der Waals surface area contributed by atoms with Crippen LogP contribution in [0.5, 0.6) is 0 Å². The quantitative estimate of drug-likeness (QED) is 0.825. The number of carbonyl (C=O) groups is 1. The topological polar surface area (TPSA) is 67.2 Å². The molecule has 0 aliphatic heterocycles. The molecule has 1 amide bonds. The first-order valence-corrected chi connectivity index (χ1v) is 7.99. The summed E-state index contributed by atoms with van der Waals surface area (Å²) in [6.45, 7) is 6.42. The molecule has 0 saturated heterocycles. The SMILES string of the molecule is CC(NC(=O)CC(O)C(C)C)c1cnn(Cc2ccccc2)c1. The highest BCUT2D eigenvalue weighted by Gasteiger charge is 2.17. The van der Waals surface area contributed by atoms with Crippen molar-refractivity contribution in [3.63, 3.8) is 0 Å². The number of hydrogen-bond acceptors (Lipinski definition) is 3. The van der Waals surface area contributed by atoms with Gasteiger partial charge in [-0.15, -0.1) is 0 Å². The van der Waals surface area contributed by atoms with E-state index in [0.717, 1.165) is 5.56 Å². The Morgan fingerprint density at radius 2 is 1.96 bits per heavy atom. The lowest BCUT2D eigenvalue weighted by Crippen LogP contribution is -2.31. The van der Waals surface area contributed by atoms with Crippen molar-refractivity contribution in [1.29, 1.82) is 0 Å². The molecule has 124 valence electrons. The van der Waals surface area contributed by atoms with Gasteiger partial charge in [-0.3, -0.25) is 9.48 Å². The maximum Gasteiger partial charge on any atom is 0.223 e. The van der Waals surface area contributed by atoms with Crippen molar-refractivity contribution in [1.82, 2.24) is 15.1 Å². The van der Waals surface area contributed by atoms with Crippen LogP contribution in [0.15, 0.2) is 42.7 Å². The first kappa shape index (κ1) is 17.2. The van der Waals surface area contributed by atoms with E-state index in [0.29, 0.717) is 6.54 Å². The number of hydrogen-bond donors (Lipinski definition) is 2. The van der Waals surface area contributed by atoms with Gasteiger partial charge in [0.15, 0.2) is 0 Å². The second kappa shape index (κ2) is 7.92. The average Bonchev–Trinajstić information content (AvgIpc) is 2.96. The van der Waals surface area contributed by atoms with E-state index < -0.39 is 6.10 Å². The zero-order valence-corrected chi connectivity index (χ0v) is 13.9. The van der Waals surface area contributed by atoms with E-state index in [1.165, 1.54) is 5.56 Å². The van der Waals surface area contributed by atoms with Gasteiger partial charge in [0, 0.05) is 11.8 Å². The molecule has 0 saturated carbocycles. The number of rotatable bonds is 7. The highest BCUT2D eigenvalue weighted by molar-refractivity contribution is 5.76. The minimum Gasteiger partial charge on any atom is -0.392 e. The average molecular weight is 315 g/mol. The Balaban J connectivity index is 1.90. The molecular weight excluding hydrogens is 290 g/mol. The summed E-state index contributed by atoms with van der Waals surface area (Å²) in [4.78, 5) is 11.9. The van der Waals surface area contributed by atoms with E-state index in [1.807, 2.05) is 49.8 Å². The van der Waals surface area contributed by atoms with Crippen molar-refractivity contribution < 1.29 is 9.90 Å². The summed E-state index contributed by atoms with van der Waals surface area (Å²) in [5.41, 5.74) is 2.13. The largest absolute Gasteiger partial charge is 0.392 e. The van der Waals surface area contributed by atoms with Gasteiger partial charge in [-0.25, -0.2) is 0 Å². The zero-order valence-electron chi connectivity index (χ0n) is 13.9. The summed E-state index contributed by atoms with van der Waals surface area (Å²) in [6, 6.07) is 9.97. The fourth-order valence-corrected chi connectivity index (χ4v) is 2.27. The highest BCUT2D eigenvalue weighted by atomic mass is 16.3. The molecular formula is C18H25N3O2. The molecule has 23 heavy (non-hydrogen) atoms. The number of nitrogens with zero attached hydrogens (tertiary/aromatic N) is 2. The molecule has 1 heterocycles. The highest BCUT2D eigenvalue weighted by Crippen LogP contribution is 2.13. The summed E-state index contributed by atoms with van der Waals surface area (Å²) in [5.74, 6) is -0.0702. The van der Waals surface area contributed by atoms with E-state index >= 15 is 0 Å². The number of carbonyl (C=O) groups excluding carboxylic acids is 1. The predicted molar refractivity (Wildman–Crippen MR) is 89.8 cm³/mol. The Morgan fingerprint density at radius 1 is 1.26 bits per heavy atom. The van der Waals surface area contributed by atoms with Crippen molar-refractivity contribution >= 4 is 5.91 Å². The smallest absolute Gasteiger partial charge is 0.223 e. The van der Waals surface area contributed by atoms with Crippen molar-refractivity contribution in [3.8, 4) is 0 Å². The Labute approximate surface area is 137 Å². The third-order valence-electron chi connectivity index (χ3n) is 3.88. The Bertz CT molecular complexity index is 622. The van der Waals surface area contributed by atoms with Gasteiger partial charge in [-0.2, -0.15) is 5.10 Å². The molecule has 2 unspecified atom stereocenters. The molecule has 0 radical (unpaired) electrons.